The van der Waals surface area contributed by atoms with Crippen LogP contribution < -0.4 is 9.62 Å². The molecule has 4 rings (SSSR count). The number of nitrogens with zero attached hydrogens (tertiary/aromatic N) is 2. The van der Waals surface area contributed by atoms with Gasteiger partial charge in [0, 0.05) is 17.6 Å². The highest BCUT2D eigenvalue weighted by molar-refractivity contribution is 7.93. The Labute approximate surface area is 167 Å². The van der Waals surface area contributed by atoms with Crippen LogP contribution >= 0.6 is 11.3 Å². The standard InChI is InChI=1S/C19H19N3O4S2/c1-13-3-8-17(26-13)19-21-15(12-27-19)11-18(23)20-14-4-6-16(7-5-14)22-9-2-10-28(22,24)25/h3-8,12H,2,9-11H2,1H3,(H,20,23). The normalized spacial score (nSPS) is 15.7. The van der Waals surface area contributed by atoms with Crippen molar-refractivity contribution in [3.05, 3.63) is 53.2 Å². The summed E-state index contributed by atoms with van der Waals surface area (Å²) >= 11 is 1.43. The molecule has 0 aliphatic carbocycles. The predicted octanol–water partition coefficient (Wildman–Crippen LogP) is 3.43. The van der Waals surface area contributed by atoms with Crippen molar-refractivity contribution >= 4 is 38.6 Å². The number of sulfonamides is 1. The lowest BCUT2D eigenvalue weighted by Crippen LogP contribution is -2.25. The number of furan rings is 1. The number of hydrogen-bond donors (Lipinski definition) is 1. The van der Waals surface area contributed by atoms with E-state index in [9.17, 15) is 13.2 Å². The number of aromatic nitrogens is 1. The van der Waals surface area contributed by atoms with Crippen LogP contribution in [0, 0.1) is 6.92 Å². The molecule has 1 aromatic carbocycles. The number of amides is 1. The Bertz CT molecular complexity index is 1100. The van der Waals surface area contributed by atoms with Gasteiger partial charge in [0.2, 0.25) is 15.9 Å². The number of carbonyl (C=O) groups excluding carboxylic acids is 1. The monoisotopic (exact) mass is 417 g/mol. The van der Waals surface area contributed by atoms with Gasteiger partial charge in [-0.05, 0) is 49.7 Å². The number of hydrogen-bond acceptors (Lipinski definition) is 6. The first-order valence-electron chi connectivity index (χ1n) is 8.82. The molecule has 0 saturated carbocycles. The first-order chi connectivity index (χ1) is 13.4. The number of anilines is 2. The number of benzene rings is 1. The lowest BCUT2D eigenvalue weighted by atomic mass is 10.2. The lowest BCUT2D eigenvalue weighted by molar-refractivity contribution is -0.115. The molecule has 28 heavy (non-hydrogen) atoms. The van der Waals surface area contributed by atoms with Gasteiger partial charge in [0.25, 0.3) is 0 Å². The van der Waals surface area contributed by atoms with Gasteiger partial charge in [0.15, 0.2) is 10.8 Å². The summed E-state index contributed by atoms with van der Waals surface area (Å²) in [6.07, 6.45) is 0.784. The molecule has 146 valence electrons. The second-order valence-electron chi connectivity index (χ2n) is 6.57. The summed E-state index contributed by atoms with van der Waals surface area (Å²) in [5, 5.41) is 5.40. The molecule has 3 aromatic rings. The van der Waals surface area contributed by atoms with Gasteiger partial charge in [-0.1, -0.05) is 0 Å². The fourth-order valence-corrected chi connectivity index (χ4v) is 5.41. The first kappa shape index (κ1) is 18.7. The number of aryl methyl sites for hydroxylation is 1. The Morgan fingerprint density at radius 1 is 1.25 bits per heavy atom. The Morgan fingerprint density at radius 3 is 2.68 bits per heavy atom. The zero-order chi connectivity index (χ0) is 19.7. The van der Waals surface area contributed by atoms with Gasteiger partial charge in [-0.15, -0.1) is 11.3 Å². The van der Waals surface area contributed by atoms with Gasteiger partial charge in [0.05, 0.1) is 23.6 Å². The van der Waals surface area contributed by atoms with Crippen LogP contribution in [-0.4, -0.2) is 31.6 Å². The fraction of sp³-hybridized carbons (Fsp3) is 0.263. The molecule has 0 radical (unpaired) electrons. The predicted molar refractivity (Wildman–Crippen MR) is 109 cm³/mol. The van der Waals surface area contributed by atoms with Crippen molar-refractivity contribution < 1.29 is 17.6 Å². The summed E-state index contributed by atoms with van der Waals surface area (Å²) in [6.45, 7) is 2.37. The second-order valence-corrected chi connectivity index (χ2v) is 9.44. The van der Waals surface area contributed by atoms with Gasteiger partial charge in [-0.25, -0.2) is 13.4 Å². The Balaban J connectivity index is 1.38. The van der Waals surface area contributed by atoms with E-state index in [1.807, 2.05) is 24.4 Å². The van der Waals surface area contributed by atoms with Gasteiger partial charge < -0.3 is 9.73 Å². The molecular formula is C19H19N3O4S2. The zero-order valence-electron chi connectivity index (χ0n) is 15.2. The van der Waals surface area contributed by atoms with Crippen LogP contribution in [0.25, 0.3) is 10.8 Å². The van der Waals surface area contributed by atoms with Gasteiger partial charge >= 0.3 is 0 Å². The highest BCUT2D eigenvalue weighted by Gasteiger charge is 2.28. The molecule has 2 aromatic heterocycles. The van der Waals surface area contributed by atoms with E-state index in [-0.39, 0.29) is 18.1 Å². The average molecular weight is 418 g/mol. The third kappa shape index (κ3) is 3.95. The quantitative estimate of drug-likeness (QED) is 0.687. The molecule has 1 fully saturated rings. The number of nitrogens with one attached hydrogen (secondary N) is 1. The third-order valence-electron chi connectivity index (χ3n) is 4.38. The van der Waals surface area contributed by atoms with Crippen molar-refractivity contribution in [2.24, 2.45) is 0 Å². The summed E-state index contributed by atoms with van der Waals surface area (Å²) in [6, 6.07) is 10.6. The Morgan fingerprint density at radius 2 is 2.04 bits per heavy atom. The van der Waals surface area contributed by atoms with E-state index < -0.39 is 10.0 Å². The van der Waals surface area contributed by atoms with Crippen molar-refractivity contribution in [3.8, 4) is 10.8 Å². The first-order valence-corrected chi connectivity index (χ1v) is 11.3. The molecule has 1 amide bonds. The minimum atomic E-state index is -3.20. The summed E-state index contributed by atoms with van der Waals surface area (Å²) in [5.74, 6) is 1.50. The van der Waals surface area contributed by atoms with E-state index in [2.05, 4.69) is 10.3 Å². The van der Waals surface area contributed by atoms with Crippen molar-refractivity contribution in [2.75, 3.05) is 21.9 Å². The number of thiazole rings is 1. The maximum absolute atomic E-state index is 12.3. The van der Waals surface area contributed by atoms with E-state index >= 15 is 0 Å². The average Bonchev–Trinajstić information content (AvgIpc) is 3.36. The summed E-state index contributed by atoms with van der Waals surface area (Å²) in [7, 11) is -3.20. The van der Waals surface area contributed by atoms with Crippen LogP contribution in [0.5, 0.6) is 0 Å². The fourth-order valence-electron chi connectivity index (χ4n) is 3.06. The molecule has 7 nitrogen and oxygen atoms in total. The number of rotatable bonds is 5. The summed E-state index contributed by atoms with van der Waals surface area (Å²) in [5.41, 5.74) is 1.90. The maximum Gasteiger partial charge on any atom is 0.235 e. The van der Waals surface area contributed by atoms with Crippen LogP contribution in [0.4, 0.5) is 11.4 Å². The van der Waals surface area contributed by atoms with E-state index in [1.54, 1.807) is 24.3 Å². The molecule has 0 atom stereocenters. The topological polar surface area (TPSA) is 92.5 Å². The Hall–Kier alpha value is -2.65. The molecule has 1 aliphatic heterocycles. The lowest BCUT2D eigenvalue weighted by Gasteiger charge is -2.17. The smallest absolute Gasteiger partial charge is 0.235 e. The highest BCUT2D eigenvalue weighted by Crippen LogP contribution is 2.27. The molecule has 1 aliphatic rings. The minimum absolute atomic E-state index is 0.151. The van der Waals surface area contributed by atoms with Crippen molar-refractivity contribution in [3.63, 3.8) is 0 Å². The Kier molecular flexibility index (Phi) is 4.94. The molecule has 9 heteroatoms. The number of carbonyl (C=O) groups is 1. The third-order valence-corrected chi connectivity index (χ3v) is 7.16. The van der Waals surface area contributed by atoms with Crippen LogP contribution in [0.3, 0.4) is 0 Å². The largest absolute Gasteiger partial charge is 0.459 e. The molecule has 3 heterocycles. The van der Waals surface area contributed by atoms with Gasteiger partial charge in [0.1, 0.15) is 5.76 Å². The molecule has 1 saturated heterocycles. The van der Waals surface area contributed by atoms with E-state index in [1.165, 1.54) is 15.6 Å². The van der Waals surface area contributed by atoms with Crippen LogP contribution in [0.2, 0.25) is 0 Å². The van der Waals surface area contributed by atoms with Gasteiger partial charge in [-0.2, -0.15) is 0 Å². The minimum Gasteiger partial charge on any atom is -0.459 e. The molecule has 0 spiro atoms. The molecule has 0 unspecified atom stereocenters. The molecule has 0 bridgehead atoms. The van der Waals surface area contributed by atoms with Gasteiger partial charge in [-0.3, -0.25) is 9.10 Å². The SMILES string of the molecule is Cc1ccc(-c2nc(CC(=O)Nc3ccc(N4CCCS4(=O)=O)cc3)cs2)o1. The van der Waals surface area contributed by atoms with Crippen molar-refractivity contribution in [1.82, 2.24) is 4.98 Å². The summed E-state index contributed by atoms with van der Waals surface area (Å²) in [4.78, 5) is 16.7. The van der Waals surface area contributed by atoms with E-state index in [0.717, 1.165) is 10.8 Å². The van der Waals surface area contributed by atoms with Crippen molar-refractivity contribution in [1.29, 1.82) is 0 Å². The van der Waals surface area contributed by atoms with E-state index in [4.69, 9.17) is 4.42 Å². The second kappa shape index (κ2) is 7.40. The maximum atomic E-state index is 12.3. The molecular weight excluding hydrogens is 398 g/mol. The van der Waals surface area contributed by atoms with E-state index in [0.29, 0.717) is 35.8 Å². The summed E-state index contributed by atoms with van der Waals surface area (Å²) < 4.78 is 30.9. The molecule has 1 N–H and O–H groups in total. The highest BCUT2D eigenvalue weighted by atomic mass is 32.2. The zero-order valence-corrected chi connectivity index (χ0v) is 16.8. The van der Waals surface area contributed by atoms with Crippen LogP contribution in [0.15, 0.2) is 46.2 Å². The van der Waals surface area contributed by atoms with Crippen molar-refractivity contribution in [2.45, 2.75) is 19.8 Å². The van der Waals surface area contributed by atoms with Crippen LogP contribution in [0.1, 0.15) is 17.9 Å². The van der Waals surface area contributed by atoms with Crippen LogP contribution in [-0.2, 0) is 21.2 Å².